The van der Waals surface area contributed by atoms with Gasteiger partial charge in [0.2, 0.25) is 5.91 Å². The molecule has 0 heterocycles. The number of rotatable bonds is 6. The minimum atomic E-state index is 0.163. The van der Waals surface area contributed by atoms with Gasteiger partial charge in [0.25, 0.3) is 0 Å². The average molecular weight is 172 g/mol. The van der Waals surface area contributed by atoms with Crippen molar-refractivity contribution in [1.29, 1.82) is 0 Å². The van der Waals surface area contributed by atoms with Crippen LogP contribution in [-0.2, 0) is 4.79 Å². The number of hydrogen-bond donors (Lipinski definition) is 1. The summed E-state index contributed by atoms with van der Waals surface area (Å²) in [5.41, 5.74) is 0. The van der Waals surface area contributed by atoms with Gasteiger partial charge in [0.15, 0.2) is 0 Å². The molecule has 0 spiro atoms. The van der Waals surface area contributed by atoms with Gasteiger partial charge in [-0.3, -0.25) is 4.79 Å². The molecule has 0 unspecified atom stereocenters. The SMILES string of the molecule is CCCNCCN(CC)C(C)=O. The van der Waals surface area contributed by atoms with Gasteiger partial charge in [-0.2, -0.15) is 0 Å². The number of nitrogens with one attached hydrogen (secondary N) is 1. The van der Waals surface area contributed by atoms with Crippen molar-refractivity contribution in [3.63, 3.8) is 0 Å². The lowest BCUT2D eigenvalue weighted by molar-refractivity contribution is -0.128. The normalized spacial score (nSPS) is 9.92. The molecular weight excluding hydrogens is 152 g/mol. The van der Waals surface area contributed by atoms with E-state index in [-0.39, 0.29) is 5.91 Å². The van der Waals surface area contributed by atoms with Crippen LogP contribution in [0.2, 0.25) is 0 Å². The Balaban J connectivity index is 3.38. The second kappa shape index (κ2) is 7.10. The highest BCUT2D eigenvalue weighted by Gasteiger charge is 2.03. The molecule has 0 aromatic heterocycles. The molecule has 12 heavy (non-hydrogen) atoms. The minimum absolute atomic E-state index is 0.163. The molecule has 0 saturated carbocycles. The maximum absolute atomic E-state index is 10.9. The summed E-state index contributed by atoms with van der Waals surface area (Å²) in [4.78, 5) is 12.8. The van der Waals surface area contributed by atoms with Crippen molar-refractivity contribution < 1.29 is 4.79 Å². The summed E-state index contributed by atoms with van der Waals surface area (Å²) in [6, 6.07) is 0. The highest BCUT2D eigenvalue weighted by atomic mass is 16.2. The van der Waals surface area contributed by atoms with E-state index in [4.69, 9.17) is 0 Å². The zero-order chi connectivity index (χ0) is 9.40. The topological polar surface area (TPSA) is 32.3 Å². The van der Waals surface area contributed by atoms with Crippen molar-refractivity contribution in [2.45, 2.75) is 27.2 Å². The molecule has 72 valence electrons. The van der Waals surface area contributed by atoms with Crippen LogP contribution in [0, 0.1) is 0 Å². The lowest BCUT2D eigenvalue weighted by Crippen LogP contribution is -2.35. The van der Waals surface area contributed by atoms with Gasteiger partial charge in [0.05, 0.1) is 0 Å². The molecule has 1 N–H and O–H groups in total. The fourth-order valence-electron chi connectivity index (χ4n) is 1.05. The molecule has 0 aromatic carbocycles. The third-order valence-corrected chi connectivity index (χ3v) is 1.81. The molecule has 0 fully saturated rings. The van der Waals surface area contributed by atoms with Crippen molar-refractivity contribution in [2.75, 3.05) is 26.2 Å². The van der Waals surface area contributed by atoms with Gasteiger partial charge in [-0.25, -0.2) is 0 Å². The predicted molar refractivity (Wildman–Crippen MR) is 51.1 cm³/mol. The number of carbonyl (C=O) groups excluding carboxylic acids is 1. The van der Waals surface area contributed by atoms with Crippen molar-refractivity contribution in [1.82, 2.24) is 10.2 Å². The van der Waals surface area contributed by atoms with E-state index < -0.39 is 0 Å². The number of nitrogens with zero attached hydrogens (tertiary/aromatic N) is 1. The molecule has 0 atom stereocenters. The molecule has 0 saturated heterocycles. The van der Waals surface area contributed by atoms with Crippen LogP contribution in [-0.4, -0.2) is 37.0 Å². The third-order valence-electron chi connectivity index (χ3n) is 1.81. The summed E-state index contributed by atoms with van der Waals surface area (Å²) in [6.45, 7) is 9.33. The van der Waals surface area contributed by atoms with Gasteiger partial charge in [0.1, 0.15) is 0 Å². The number of carbonyl (C=O) groups is 1. The first-order chi connectivity index (χ1) is 5.72. The molecule has 0 rings (SSSR count). The largest absolute Gasteiger partial charge is 0.342 e. The van der Waals surface area contributed by atoms with Gasteiger partial charge in [-0.05, 0) is 19.9 Å². The quantitative estimate of drug-likeness (QED) is 0.603. The molecule has 0 radical (unpaired) electrons. The van der Waals surface area contributed by atoms with Gasteiger partial charge in [-0.15, -0.1) is 0 Å². The van der Waals surface area contributed by atoms with Crippen LogP contribution in [0.15, 0.2) is 0 Å². The zero-order valence-electron chi connectivity index (χ0n) is 8.39. The molecule has 0 aliphatic rings. The molecule has 0 aromatic rings. The summed E-state index contributed by atoms with van der Waals surface area (Å²) in [6.07, 6.45) is 1.15. The van der Waals surface area contributed by atoms with Gasteiger partial charge in [-0.1, -0.05) is 6.92 Å². The lowest BCUT2D eigenvalue weighted by atomic mass is 10.4. The summed E-state index contributed by atoms with van der Waals surface area (Å²) in [5, 5.41) is 3.26. The maximum atomic E-state index is 10.9. The van der Waals surface area contributed by atoms with Crippen LogP contribution >= 0.6 is 0 Å². The van der Waals surface area contributed by atoms with E-state index in [1.165, 1.54) is 0 Å². The smallest absolute Gasteiger partial charge is 0.219 e. The van der Waals surface area contributed by atoms with Crippen molar-refractivity contribution in [3.05, 3.63) is 0 Å². The summed E-state index contributed by atoms with van der Waals surface area (Å²) in [5.74, 6) is 0.163. The van der Waals surface area contributed by atoms with Crippen LogP contribution in [0.4, 0.5) is 0 Å². The highest BCUT2D eigenvalue weighted by molar-refractivity contribution is 5.73. The van der Waals surface area contributed by atoms with E-state index in [0.717, 1.165) is 32.6 Å². The van der Waals surface area contributed by atoms with Crippen molar-refractivity contribution in [3.8, 4) is 0 Å². The standard InChI is InChI=1S/C9H20N2O/c1-4-6-10-7-8-11(5-2)9(3)12/h10H,4-8H2,1-3H3. The lowest BCUT2D eigenvalue weighted by Gasteiger charge is -2.18. The van der Waals surface area contributed by atoms with Crippen LogP contribution in [0.25, 0.3) is 0 Å². The Morgan fingerprint density at radius 2 is 2.00 bits per heavy atom. The first-order valence-corrected chi connectivity index (χ1v) is 4.68. The first-order valence-electron chi connectivity index (χ1n) is 4.68. The minimum Gasteiger partial charge on any atom is -0.342 e. The Bertz CT molecular complexity index is 126. The molecule has 3 heteroatoms. The molecule has 0 aliphatic carbocycles. The third kappa shape index (κ3) is 5.13. The van der Waals surface area contributed by atoms with E-state index in [1.807, 2.05) is 11.8 Å². The highest BCUT2D eigenvalue weighted by Crippen LogP contribution is 1.86. The van der Waals surface area contributed by atoms with Gasteiger partial charge < -0.3 is 10.2 Å². The van der Waals surface area contributed by atoms with Gasteiger partial charge in [0, 0.05) is 26.6 Å². The molecule has 0 bridgehead atoms. The number of amides is 1. The Kier molecular flexibility index (Phi) is 6.76. The van der Waals surface area contributed by atoms with Crippen LogP contribution in [0.5, 0.6) is 0 Å². The molecule has 3 nitrogen and oxygen atoms in total. The fraction of sp³-hybridized carbons (Fsp3) is 0.889. The van der Waals surface area contributed by atoms with E-state index in [1.54, 1.807) is 6.92 Å². The second-order valence-electron chi connectivity index (χ2n) is 2.85. The Hall–Kier alpha value is -0.570. The summed E-state index contributed by atoms with van der Waals surface area (Å²) in [7, 11) is 0. The number of hydrogen-bond acceptors (Lipinski definition) is 2. The predicted octanol–water partition coefficient (Wildman–Crippen LogP) is 0.854. The maximum Gasteiger partial charge on any atom is 0.219 e. The Labute approximate surface area is 75.1 Å². The monoisotopic (exact) mass is 172 g/mol. The Morgan fingerprint density at radius 3 is 2.42 bits per heavy atom. The number of likely N-dealkylation sites (N-methyl/N-ethyl adjacent to an activating group) is 1. The van der Waals surface area contributed by atoms with Crippen molar-refractivity contribution in [2.24, 2.45) is 0 Å². The average Bonchev–Trinajstić information content (AvgIpc) is 2.04. The van der Waals surface area contributed by atoms with E-state index in [9.17, 15) is 4.79 Å². The van der Waals surface area contributed by atoms with Crippen LogP contribution in [0.1, 0.15) is 27.2 Å². The molecule has 1 amide bonds. The summed E-state index contributed by atoms with van der Waals surface area (Å²) >= 11 is 0. The molecular formula is C9H20N2O. The fourth-order valence-corrected chi connectivity index (χ4v) is 1.05. The van der Waals surface area contributed by atoms with Crippen LogP contribution in [0.3, 0.4) is 0 Å². The zero-order valence-corrected chi connectivity index (χ0v) is 8.39. The molecule has 0 aliphatic heterocycles. The summed E-state index contributed by atoms with van der Waals surface area (Å²) < 4.78 is 0. The van der Waals surface area contributed by atoms with E-state index in [2.05, 4.69) is 12.2 Å². The van der Waals surface area contributed by atoms with Gasteiger partial charge >= 0.3 is 0 Å². The van der Waals surface area contributed by atoms with E-state index in [0.29, 0.717) is 0 Å². The van der Waals surface area contributed by atoms with Crippen LogP contribution < -0.4 is 5.32 Å². The first kappa shape index (κ1) is 11.4. The van der Waals surface area contributed by atoms with Crippen molar-refractivity contribution >= 4 is 5.91 Å². The Morgan fingerprint density at radius 1 is 1.33 bits per heavy atom. The van der Waals surface area contributed by atoms with E-state index >= 15 is 0 Å². The second-order valence-corrected chi connectivity index (χ2v) is 2.85.